The van der Waals surface area contributed by atoms with E-state index < -0.39 is 5.91 Å². The van der Waals surface area contributed by atoms with Crippen molar-refractivity contribution in [2.45, 2.75) is 13.8 Å². The van der Waals surface area contributed by atoms with Gasteiger partial charge in [-0.1, -0.05) is 0 Å². The molecule has 2 heterocycles. The molecule has 3 rings (SSSR count). The van der Waals surface area contributed by atoms with Crippen LogP contribution in [-0.2, 0) is 0 Å². The van der Waals surface area contributed by atoms with Gasteiger partial charge < -0.3 is 10.1 Å². The van der Waals surface area contributed by atoms with E-state index in [1.165, 1.54) is 21.9 Å². The normalized spacial score (nSPS) is 10.7. The molecule has 1 N–H and O–H groups in total. The fourth-order valence-corrected chi connectivity index (χ4v) is 2.94. The molecule has 0 saturated heterocycles. The third-order valence-corrected chi connectivity index (χ3v) is 4.10. The van der Waals surface area contributed by atoms with Crippen molar-refractivity contribution in [3.8, 4) is 5.75 Å². The second-order valence-electron chi connectivity index (χ2n) is 4.88. The van der Waals surface area contributed by atoms with Crippen LogP contribution < -0.4 is 15.6 Å². The summed E-state index contributed by atoms with van der Waals surface area (Å²) in [6, 6.07) is 6.97. The zero-order chi connectivity index (χ0) is 16.4. The van der Waals surface area contributed by atoms with E-state index in [0.717, 1.165) is 10.6 Å². The van der Waals surface area contributed by atoms with Gasteiger partial charge in [0.05, 0.1) is 6.61 Å². The molecule has 0 aliphatic heterocycles. The van der Waals surface area contributed by atoms with E-state index in [-0.39, 0.29) is 11.1 Å². The van der Waals surface area contributed by atoms with E-state index in [0.29, 0.717) is 17.3 Å². The summed E-state index contributed by atoms with van der Waals surface area (Å²) >= 11 is 1.40. The number of carbonyl (C=O) groups excluding carboxylic acids is 1. The topological polar surface area (TPSA) is 72.7 Å². The zero-order valence-electron chi connectivity index (χ0n) is 12.7. The average molecular weight is 329 g/mol. The van der Waals surface area contributed by atoms with E-state index in [9.17, 15) is 9.59 Å². The largest absolute Gasteiger partial charge is 0.494 e. The zero-order valence-corrected chi connectivity index (χ0v) is 13.5. The third-order valence-electron chi connectivity index (χ3n) is 3.19. The molecule has 1 amide bonds. The smallest absolute Gasteiger partial charge is 0.271 e. The van der Waals surface area contributed by atoms with Crippen molar-refractivity contribution in [3.63, 3.8) is 0 Å². The summed E-state index contributed by atoms with van der Waals surface area (Å²) in [5.41, 5.74) is 0.224. The lowest BCUT2D eigenvalue weighted by Crippen LogP contribution is -2.25. The lowest BCUT2D eigenvalue weighted by molar-refractivity contribution is 0.102. The Morgan fingerprint density at radius 3 is 2.78 bits per heavy atom. The molecule has 0 unspecified atom stereocenters. The predicted octanol–water partition coefficient (Wildman–Crippen LogP) is 2.72. The molecule has 7 heteroatoms. The minimum absolute atomic E-state index is 0.00850. The van der Waals surface area contributed by atoms with E-state index in [4.69, 9.17) is 4.74 Å². The van der Waals surface area contributed by atoms with Crippen LogP contribution in [0.15, 0.2) is 41.5 Å². The van der Waals surface area contributed by atoms with Crippen molar-refractivity contribution in [2.75, 3.05) is 11.9 Å². The second-order valence-corrected chi connectivity index (χ2v) is 6.10. The number of rotatable bonds is 4. The van der Waals surface area contributed by atoms with Gasteiger partial charge in [-0.3, -0.25) is 14.0 Å². The first-order valence-electron chi connectivity index (χ1n) is 7.10. The van der Waals surface area contributed by atoms with Crippen molar-refractivity contribution in [1.82, 2.24) is 9.38 Å². The summed E-state index contributed by atoms with van der Waals surface area (Å²) in [5, 5.41) is 2.70. The molecule has 0 aliphatic carbocycles. The Labute approximate surface area is 136 Å². The minimum Gasteiger partial charge on any atom is -0.494 e. The van der Waals surface area contributed by atoms with Gasteiger partial charge in [-0.15, -0.1) is 11.3 Å². The van der Waals surface area contributed by atoms with Crippen molar-refractivity contribution < 1.29 is 9.53 Å². The number of amides is 1. The Hall–Kier alpha value is -2.67. The van der Waals surface area contributed by atoms with Gasteiger partial charge in [-0.2, -0.15) is 0 Å². The molecule has 2 aromatic heterocycles. The SMILES string of the molecule is CCOc1ccc(NC(=O)c2cnc3sc(C)cn3c2=O)cc1. The van der Waals surface area contributed by atoms with Crippen LogP contribution in [0, 0.1) is 6.92 Å². The van der Waals surface area contributed by atoms with Crippen LogP contribution in [0.3, 0.4) is 0 Å². The van der Waals surface area contributed by atoms with Crippen molar-refractivity contribution in [1.29, 1.82) is 0 Å². The van der Waals surface area contributed by atoms with Crippen LogP contribution in [0.5, 0.6) is 5.75 Å². The van der Waals surface area contributed by atoms with Gasteiger partial charge in [0, 0.05) is 23.0 Å². The number of hydrogen-bond donors (Lipinski definition) is 1. The molecular formula is C16H15N3O3S. The highest BCUT2D eigenvalue weighted by Gasteiger charge is 2.14. The number of anilines is 1. The summed E-state index contributed by atoms with van der Waals surface area (Å²) in [6.45, 7) is 4.37. The number of ether oxygens (including phenoxy) is 1. The second kappa shape index (κ2) is 6.21. The Balaban J connectivity index is 1.85. The van der Waals surface area contributed by atoms with Gasteiger partial charge in [-0.25, -0.2) is 4.98 Å². The predicted molar refractivity (Wildman–Crippen MR) is 89.6 cm³/mol. The van der Waals surface area contributed by atoms with Crippen LogP contribution in [0.4, 0.5) is 5.69 Å². The fraction of sp³-hybridized carbons (Fsp3) is 0.188. The van der Waals surface area contributed by atoms with E-state index in [1.54, 1.807) is 30.5 Å². The number of aromatic nitrogens is 2. The van der Waals surface area contributed by atoms with Gasteiger partial charge in [-0.05, 0) is 38.1 Å². The molecule has 0 saturated carbocycles. The fourth-order valence-electron chi connectivity index (χ4n) is 2.15. The lowest BCUT2D eigenvalue weighted by atomic mass is 10.2. The molecule has 118 valence electrons. The number of aryl methyl sites for hydroxylation is 1. The van der Waals surface area contributed by atoms with Crippen molar-refractivity contribution in [2.24, 2.45) is 0 Å². The van der Waals surface area contributed by atoms with Gasteiger partial charge >= 0.3 is 0 Å². The number of hydrogen-bond acceptors (Lipinski definition) is 5. The number of fused-ring (bicyclic) bond motifs is 1. The summed E-state index contributed by atoms with van der Waals surface area (Å²) < 4.78 is 6.74. The van der Waals surface area contributed by atoms with Crippen LogP contribution in [-0.4, -0.2) is 21.9 Å². The summed E-state index contributed by atoms with van der Waals surface area (Å²) in [5.74, 6) is 0.243. The maximum atomic E-state index is 12.4. The molecule has 23 heavy (non-hydrogen) atoms. The Bertz CT molecular complexity index is 912. The lowest BCUT2D eigenvalue weighted by Gasteiger charge is -2.07. The Kier molecular flexibility index (Phi) is 4.12. The van der Waals surface area contributed by atoms with Gasteiger partial charge in [0.2, 0.25) is 0 Å². The highest BCUT2D eigenvalue weighted by molar-refractivity contribution is 7.16. The summed E-state index contributed by atoms with van der Waals surface area (Å²) in [4.78, 5) is 30.4. The molecular weight excluding hydrogens is 314 g/mol. The number of carbonyl (C=O) groups is 1. The summed E-state index contributed by atoms with van der Waals surface area (Å²) in [7, 11) is 0. The molecule has 0 radical (unpaired) electrons. The number of thiazole rings is 1. The first-order valence-corrected chi connectivity index (χ1v) is 7.92. The molecule has 0 spiro atoms. The molecule has 3 aromatic rings. The Morgan fingerprint density at radius 1 is 1.35 bits per heavy atom. The maximum Gasteiger partial charge on any atom is 0.271 e. The van der Waals surface area contributed by atoms with Crippen molar-refractivity contribution >= 4 is 27.9 Å². The monoisotopic (exact) mass is 329 g/mol. The first kappa shape index (κ1) is 15.2. The van der Waals surface area contributed by atoms with Gasteiger partial charge in [0.15, 0.2) is 4.96 Å². The van der Waals surface area contributed by atoms with Gasteiger partial charge in [0.25, 0.3) is 11.5 Å². The quantitative estimate of drug-likeness (QED) is 0.799. The molecule has 6 nitrogen and oxygen atoms in total. The third kappa shape index (κ3) is 3.09. The van der Waals surface area contributed by atoms with Crippen LogP contribution in [0.1, 0.15) is 22.2 Å². The standard InChI is InChI=1S/C16H15N3O3S/c1-3-22-12-6-4-11(5-7-12)18-14(20)13-8-17-16-19(15(13)21)9-10(2)23-16/h4-9H,3H2,1-2H3,(H,18,20). The molecule has 0 atom stereocenters. The number of benzene rings is 1. The van der Waals surface area contributed by atoms with Crippen LogP contribution in [0.25, 0.3) is 4.96 Å². The van der Waals surface area contributed by atoms with E-state index in [2.05, 4.69) is 10.3 Å². The first-order chi connectivity index (χ1) is 11.1. The molecule has 0 aliphatic rings. The molecule has 1 aromatic carbocycles. The van der Waals surface area contributed by atoms with Crippen LogP contribution in [0.2, 0.25) is 0 Å². The molecule has 0 bridgehead atoms. The Morgan fingerprint density at radius 2 is 2.09 bits per heavy atom. The minimum atomic E-state index is -0.482. The van der Waals surface area contributed by atoms with Crippen molar-refractivity contribution in [3.05, 3.63) is 57.5 Å². The maximum absolute atomic E-state index is 12.4. The van der Waals surface area contributed by atoms with E-state index in [1.807, 2.05) is 13.8 Å². The summed E-state index contributed by atoms with van der Waals surface area (Å²) in [6.07, 6.45) is 3.00. The highest BCUT2D eigenvalue weighted by Crippen LogP contribution is 2.16. The van der Waals surface area contributed by atoms with Gasteiger partial charge in [0.1, 0.15) is 11.3 Å². The molecule has 0 fully saturated rings. The average Bonchev–Trinajstić information content (AvgIpc) is 2.91. The van der Waals surface area contributed by atoms with E-state index >= 15 is 0 Å². The number of nitrogens with zero attached hydrogens (tertiary/aromatic N) is 2. The number of nitrogens with one attached hydrogen (secondary N) is 1. The van der Waals surface area contributed by atoms with Crippen LogP contribution >= 0.6 is 11.3 Å². The highest BCUT2D eigenvalue weighted by atomic mass is 32.1.